The van der Waals surface area contributed by atoms with Crippen LogP contribution in [0.5, 0.6) is 0 Å². The topological polar surface area (TPSA) is 99.1 Å². The Labute approximate surface area is 272 Å². The van der Waals surface area contributed by atoms with E-state index in [1.807, 2.05) is 0 Å². The molecular formula is C38H62O7. The molecule has 0 aromatic heterocycles. The number of hydrogen-bond acceptors (Lipinski definition) is 7. The number of fused-ring (bicyclic) bond motifs is 1. The van der Waals surface area contributed by atoms with Gasteiger partial charge in [-0.2, -0.15) is 0 Å². The number of esters is 3. The maximum Gasteiger partial charge on any atom is 0.309 e. The van der Waals surface area contributed by atoms with Gasteiger partial charge in [-0.1, -0.05) is 66.0 Å². The lowest BCUT2D eigenvalue weighted by molar-refractivity contribution is -0.154. The second-order valence-corrected chi connectivity index (χ2v) is 17.6. The van der Waals surface area contributed by atoms with Crippen LogP contribution in [0, 0.1) is 45.3 Å². The van der Waals surface area contributed by atoms with Crippen LogP contribution >= 0.6 is 0 Å². The molecule has 0 aromatic carbocycles. The van der Waals surface area contributed by atoms with Gasteiger partial charge < -0.3 is 19.3 Å². The number of carbonyl (C=O) groups is 3. The third kappa shape index (κ3) is 8.73. The predicted molar refractivity (Wildman–Crippen MR) is 175 cm³/mol. The zero-order chi connectivity index (χ0) is 33.3. The third-order valence-electron chi connectivity index (χ3n) is 12.4. The van der Waals surface area contributed by atoms with Gasteiger partial charge in [0, 0.05) is 31.6 Å². The van der Waals surface area contributed by atoms with Crippen LogP contribution < -0.4 is 0 Å². The Morgan fingerprint density at radius 3 is 2.07 bits per heavy atom. The minimum absolute atomic E-state index is 0.00857. The Balaban J connectivity index is 0.000000209. The summed E-state index contributed by atoms with van der Waals surface area (Å²) in [4.78, 5) is 34.1. The Hall–Kier alpha value is -1.89. The fraction of sp³-hybridized carbons (Fsp3) is 0.868. The molecule has 4 aliphatic carbocycles. The third-order valence-corrected chi connectivity index (χ3v) is 12.4. The Bertz CT molecular complexity index is 1120. The molecule has 7 atom stereocenters. The van der Waals surface area contributed by atoms with Crippen molar-refractivity contribution in [2.75, 3.05) is 19.8 Å². The van der Waals surface area contributed by atoms with Crippen molar-refractivity contribution in [1.29, 1.82) is 0 Å². The molecule has 0 bridgehead atoms. The van der Waals surface area contributed by atoms with E-state index in [1.54, 1.807) is 0 Å². The summed E-state index contributed by atoms with van der Waals surface area (Å²) >= 11 is 0. The van der Waals surface area contributed by atoms with Crippen molar-refractivity contribution in [1.82, 2.24) is 0 Å². The van der Waals surface area contributed by atoms with E-state index < -0.39 is 5.60 Å². The van der Waals surface area contributed by atoms with E-state index in [0.717, 1.165) is 44.9 Å². The smallest absolute Gasteiger partial charge is 0.309 e. The molecule has 1 saturated heterocycles. The normalized spacial score (nSPS) is 38.9. The average Bonchev–Trinajstić information content (AvgIpc) is 3.29. The van der Waals surface area contributed by atoms with Crippen LogP contribution in [-0.4, -0.2) is 48.4 Å². The first kappa shape index (κ1) is 36.0. The molecule has 0 aromatic rings. The second-order valence-electron chi connectivity index (χ2n) is 17.6. The van der Waals surface area contributed by atoms with Gasteiger partial charge in [0.05, 0.1) is 31.3 Å². The van der Waals surface area contributed by atoms with Gasteiger partial charge in [-0.3, -0.25) is 14.4 Å². The molecule has 4 fully saturated rings. The first-order valence-corrected chi connectivity index (χ1v) is 17.7. The fourth-order valence-electron chi connectivity index (χ4n) is 10.0. The fourth-order valence-corrected chi connectivity index (χ4v) is 10.0. The molecule has 2 unspecified atom stereocenters. The summed E-state index contributed by atoms with van der Waals surface area (Å²) in [6.45, 7) is 18.3. The van der Waals surface area contributed by atoms with Gasteiger partial charge in [0.25, 0.3) is 0 Å². The van der Waals surface area contributed by atoms with E-state index >= 15 is 0 Å². The molecule has 45 heavy (non-hydrogen) atoms. The number of aliphatic hydroxyl groups is 1. The Kier molecular flexibility index (Phi) is 10.9. The van der Waals surface area contributed by atoms with Gasteiger partial charge in [0.2, 0.25) is 0 Å². The second kappa shape index (κ2) is 13.7. The minimum atomic E-state index is -0.611. The van der Waals surface area contributed by atoms with E-state index in [0.29, 0.717) is 30.7 Å². The van der Waals surface area contributed by atoms with E-state index in [1.165, 1.54) is 57.9 Å². The number of allylic oxidation sites excluding steroid dienone is 2. The summed E-state index contributed by atoms with van der Waals surface area (Å²) < 4.78 is 15.8. The predicted octanol–water partition coefficient (Wildman–Crippen LogP) is 7.97. The summed E-state index contributed by atoms with van der Waals surface area (Å²) in [5.74, 6) is 0.219. The van der Waals surface area contributed by atoms with Crippen molar-refractivity contribution < 1.29 is 33.7 Å². The van der Waals surface area contributed by atoms with Gasteiger partial charge in [-0.25, -0.2) is 0 Å². The van der Waals surface area contributed by atoms with Crippen LogP contribution in [0.2, 0.25) is 0 Å². The van der Waals surface area contributed by atoms with Gasteiger partial charge in [0.15, 0.2) is 0 Å². The van der Waals surface area contributed by atoms with E-state index in [2.05, 4.69) is 47.6 Å². The van der Waals surface area contributed by atoms with Gasteiger partial charge >= 0.3 is 17.9 Å². The molecule has 7 nitrogen and oxygen atoms in total. The largest absolute Gasteiger partial charge is 0.466 e. The maximum absolute atomic E-state index is 11.7. The number of hydrogen-bond donors (Lipinski definition) is 1. The summed E-state index contributed by atoms with van der Waals surface area (Å²) in [6, 6.07) is 0. The van der Waals surface area contributed by atoms with Crippen molar-refractivity contribution in [3.05, 3.63) is 11.6 Å². The molecule has 256 valence electrons. The lowest BCUT2D eigenvalue weighted by Gasteiger charge is -2.54. The molecule has 1 N–H and O–H groups in total. The standard InChI is InChI=1S/C21H34O4.C17H28O3/c1-15(22)24-12-17-7-8-19(11-18(17)13-25-16(2)23)21(5)10-6-9-20(3,4)14-21;1-15(2)6-4-7-16(3,11-15)17(19)8-5-13-12(9-17)10-20-14(13)18/h8,17-18H,6-7,9-14H2,1-5H3;12-13,19H,4-11H2,1-3H3/t17-,18+,21?;12-,13-,16?,17-/m01/s1. The SMILES string of the molecule is CC(=O)OC[C@@H]1CC=C(C2(C)CCCC(C)(C)C2)C[C@@H]1COC(C)=O.CC1(C)CCCC(C)([C@@]2(O)CC[C@H]3C(=O)OC[C@H]3C2)C1. The van der Waals surface area contributed by atoms with E-state index in [9.17, 15) is 19.5 Å². The van der Waals surface area contributed by atoms with Crippen LogP contribution in [0.3, 0.4) is 0 Å². The van der Waals surface area contributed by atoms with Crippen LogP contribution in [0.4, 0.5) is 0 Å². The molecule has 1 heterocycles. The van der Waals surface area contributed by atoms with Crippen LogP contribution in [-0.2, 0) is 28.6 Å². The lowest BCUT2D eigenvalue weighted by atomic mass is 9.53. The first-order chi connectivity index (χ1) is 20.9. The monoisotopic (exact) mass is 630 g/mol. The Morgan fingerprint density at radius 2 is 1.47 bits per heavy atom. The van der Waals surface area contributed by atoms with Crippen LogP contribution in [0.1, 0.15) is 139 Å². The minimum Gasteiger partial charge on any atom is -0.466 e. The number of carbonyl (C=O) groups excluding carboxylic acids is 3. The van der Waals surface area contributed by atoms with Gasteiger partial charge in [0.1, 0.15) is 0 Å². The van der Waals surface area contributed by atoms with Crippen molar-refractivity contribution in [3.8, 4) is 0 Å². The molecule has 5 aliphatic rings. The summed E-state index contributed by atoms with van der Waals surface area (Å²) in [7, 11) is 0. The van der Waals surface area contributed by atoms with Crippen molar-refractivity contribution in [2.45, 2.75) is 144 Å². The van der Waals surface area contributed by atoms with Gasteiger partial charge in [-0.05, 0) is 92.3 Å². The highest BCUT2D eigenvalue weighted by Crippen LogP contribution is 2.57. The molecule has 3 saturated carbocycles. The van der Waals surface area contributed by atoms with Crippen molar-refractivity contribution in [2.24, 2.45) is 45.3 Å². The number of ether oxygens (including phenoxy) is 3. The Morgan fingerprint density at radius 1 is 0.867 bits per heavy atom. The van der Waals surface area contributed by atoms with E-state index in [4.69, 9.17) is 14.2 Å². The molecule has 1 aliphatic heterocycles. The number of rotatable bonds is 6. The zero-order valence-electron chi connectivity index (χ0n) is 29.6. The molecule has 7 heteroatoms. The van der Waals surface area contributed by atoms with Crippen LogP contribution in [0.25, 0.3) is 0 Å². The van der Waals surface area contributed by atoms with Crippen molar-refractivity contribution >= 4 is 17.9 Å². The molecular weight excluding hydrogens is 568 g/mol. The van der Waals surface area contributed by atoms with E-state index in [-0.39, 0.29) is 52.4 Å². The van der Waals surface area contributed by atoms with Crippen molar-refractivity contribution in [3.63, 3.8) is 0 Å². The highest BCUT2D eigenvalue weighted by molar-refractivity contribution is 5.75. The quantitative estimate of drug-likeness (QED) is 0.181. The highest BCUT2D eigenvalue weighted by Gasteiger charge is 2.56. The summed E-state index contributed by atoms with van der Waals surface area (Å²) in [5.41, 5.74) is 1.83. The molecule has 0 spiro atoms. The molecule has 0 amide bonds. The van der Waals surface area contributed by atoms with Gasteiger partial charge in [-0.15, -0.1) is 0 Å². The first-order valence-electron chi connectivity index (χ1n) is 17.7. The maximum atomic E-state index is 11.7. The summed E-state index contributed by atoms with van der Waals surface area (Å²) in [5, 5.41) is 11.4. The average molecular weight is 631 g/mol. The number of cyclic esters (lactones) is 1. The summed E-state index contributed by atoms with van der Waals surface area (Å²) in [6.07, 6.45) is 16.2. The molecule has 5 rings (SSSR count). The zero-order valence-corrected chi connectivity index (χ0v) is 29.6. The molecule has 0 radical (unpaired) electrons. The van der Waals surface area contributed by atoms with Crippen LogP contribution in [0.15, 0.2) is 11.6 Å². The highest BCUT2D eigenvalue weighted by atomic mass is 16.5. The lowest BCUT2D eigenvalue weighted by Crippen LogP contribution is -2.54.